The standard InChI is InChI=1S/C29H41N5O3.C2H2O4/c1-2-10-34-24-6-4-3-5-23(24)25(32-34)27(36)30-9-13-33-11-7-22(8-12-33)31-28(37)29-16-19-14-20(17-29)26(35)21(15-19)18-29;3-1(4)2(5)6/h3-6,19-22,26,35H,2,7-18H2,1H3,(H,30,36)(H,31,37);(H,3,4)(H,5,6). The van der Waals surface area contributed by atoms with Crippen molar-refractivity contribution in [3.8, 4) is 0 Å². The number of amides is 2. The van der Waals surface area contributed by atoms with E-state index >= 15 is 0 Å². The van der Waals surface area contributed by atoms with Crippen molar-refractivity contribution in [2.24, 2.45) is 23.2 Å². The smallest absolute Gasteiger partial charge is 0.414 e. The van der Waals surface area contributed by atoms with Crippen LogP contribution >= 0.6 is 0 Å². The Morgan fingerprint density at radius 2 is 1.63 bits per heavy atom. The average molecular weight is 598 g/mol. The largest absolute Gasteiger partial charge is 0.473 e. The Kier molecular flexibility index (Phi) is 9.36. The van der Waals surface area contributed by atoms with E-state index in [1.54, 1.807) is 0 Å². The minimum atomic E-state index is -1.82. The summed E-state index contributed by atoms with van der Waals surface area (Å²) < 4.78 is 1.93. The molecule has 0 radical (unpaired) electrons. The Morgan fingerprint density at radius 3 is 2.26 bits per heavy atom. The number of carboxylic acid groups (broad SMARTS) is 2. The number of aliphatic hydroxyl groups is 1. The quantitative estimate of drug-likeness (QED) is 0.286. The average Bonchev–Trinajstić information content (AvgIpc) is 3.35. The highest BCUT2D eigenvalue weighted by molar-refractivity contribution is 6.27. The Hall–Kier alpha value is -3.51. The summed E-state index contributed by atoms with van der Waals surface area (Å²) in [4.78, 5) is 46.9. The van der Waals surface area contributed by atoms with Gasteiger partial charge in [0.2, 0.25) is 5.91 Å². The Bertz CT molecular complexity index is 1320. The third-order valence-electron chi connectivity index (χ3n) is 9.83. The molecule has 5 N–H and O–H groups in total. The van der Waals surface area contributed by atoms with Crippen LogP contribution in [0.1, 0.15) is 68.8 Å². The molecule has 1 aliphatic heterocycles. The van der Waals surface area contributed by atoms with Gasteiger partial charge in [-0.05, 0) is 75.2 Å². The zero-order chi connectivity index (χ0) is 30.7. The van der Waals surface area contributed by atoms with Crippen LogP contribution in [0.3, 0.4) is 0 Å². The van der Waals surface area contributed by atoms with Crippen LogP contribution in [0.4, 0.5) is 0 Å². The summed E-state index contributed by atoms with van der Waals surface area (Å²) in [6.07, 6.45) is 7.65. The van der Waals surface area contributed by atoms with E-state index in [2.05, 4.69) is 27.6 Å². The van der Waals surface area contributed by atoms with E-state index < -0.39 is 11.9 Å². The van der Waals surface area contributed by atoms with Gasteiger partial charge in [-0.15, -0.1) is 0 Å². The molecule has 4 bridgehead atoms. The van der Waals surface area contributed by atoms with E-state index in [1.165, 1.54) is 0 Å². The first kappa shape index (κ1) is 30.9. The molecule has 4 aliphatic carbocycles. The fraction of sp³-hybridized carbons (Fsp3) is 0.645. The van der Waals surface area contributed by atoms with Crippen LogP contribution in [0.15, 0.2) is 24.3 Å². The van der Waals surface area contributed by atoms with Crippen LogP contribution in [0, 0.1) is 23.2 Å². The number of nitrogens with one attached hydrogen (secondary N) is 2. The number of hydrogen-bond acceptors (Lipinski definition) is 7. The number of aromatic nitrogens is 2. The number of para-hydroxylation sites is 1. The van der Waals surface area contributed by atoms with E-state index in [9.17, 15) is 14.7 Å². The summed E-state index contributed by atoms with van der Waals surface area (Å²) in [6.45, 7) is 6.14. The molecule has 5 aliphatic rings. The monoisotopic (exact) mass is 597 g/mol. The molecule has 2 unspecified atom stereocenters. The summed E-state index contributed by atoms with van der Waals surface area (Å²) in [5, 5.41) is 37.3. The number of aliphatic carboxylic acids is 2. The number of carboxylic acids is 2. The van der Waals surface area contributed by atoms with Gasteiger partial charge in [-0.3, -0.25) is 14.3 Å². The molecule has 1 aromatic carbocycles. The predicted octanol–water partition coefficient (Wildman–Crippen LogP) is 2.10. The van der Waals surface area contributed by atoms with Crippen molar-refractivity contribution >= 4 is 34.7 Å². The van der Waals surface area contributed by atoms with E-state index in [4.69, 9.17) is 19.8 Å². The van der Waals surface area contributed by atoms with Gasteiger partial charge < -0.3 is 30.9 Å². The highest BCUT2D eigenvalue weighted by atomic mass is 16.4. The van der Waals surface area contributed by atoms with Crippen LogP contribution < -0.4 is 10.6 Å². The third kappa shape index (κ3) is 6.70. The van der Waals surface area contributed by atoms with Gasteiger partial charge in [0.1, 0.15) is 0 Å². The first-order valence-corrected chi connectivity index (χ1v) is 15.5. The fourth-order valence-electron chi connectivity index (χ4n) is 8.00. The van der Waals surface area contributed by atoms with Crippen LogP contribution in [-0.2, 0) is 20.9 Å². The first-order chi connectivity index (χ1) is 20.6. The number of benzene rings is 1. The number of nitrogens with zero attached hydrogens (tertiary/aromatic N) is 3. The molecule has 12 nitrogen and oxygen atoms in total. The lowest BCUT2D eigenvalue weighted by Gasteiger charge is -2.58. The van der Waals surface area contributed by atoms with E-state index in [0.29, 0.717) is 30.0 Å². The first-order valence-electron chi connectivity index (χ1n) is 15.5. The Morgan fingerprint density at radius 1 is 0.977 bits per heavy atom. The minimum Gasteiger partial charge on any atom is -0.473 e. The maximum absolute atomic E-state index is 13.4. The summed E-state index contributed by atoms with van der Waals surface area (Å²) in [6, 6.07) is 8.15. The normalized spacial score (nSPS) is 28.2. The highest BCUT2D eigenvalue weighted by Crippen LogP contribution is 2.60. The second-order valence-corrected chi connectivity index (χ2v) is 12.8. The van der Waals surface area contributed by atoms with Gasteiger partial charge in [0.05, 0.1) is 17.0 Å². The van der Waals surface area contributed by atoms with Gasteiger partial charge in [0.25, 0.3) is 5.91 Å². The molecule has 1 aromatic heterocycles. The lowest BCUT2D eigenvalue weighted by Crippen LogP contribution is -2.60. The van der Waals surface area contributed by atoms with E-state index in [-0.39, 0.29) is 29.4 Å². The summed E-state index contributed by atoms with van der Waals surface area (Å²) in [5.41, 5.74) is 1.27. The van der Waals surface area contributed by atoms with Crippen molar-refractivity contribution in [2.75, 3.05) is 26.2 Å². The second kappa shape index (κ2) is 13.0. The van der Waals surface area contributed by atoms with Crippen molar-refractivity contribution in [2.45, 2.75) is 77.0 Å². The number of aliphatic hydroxyl groups excluding tert-OH is 1. The molecule has 234 valence electrons. The number of fused-ring (bicyclic) bond motifs is 1. The Labute approximate surface area is 250 Å². The fourth-order valence-corrected chi connectivity index (χ4v) is 8.00. The third-order valence-corrected chi connectivity index (χ3v) is 9.83. The molecule has 2 atom stereocenters. The molecule has 0 spiro atoms. The number of carbonyl (C=O) groups excluding carboxylic acids is 2. The van der Waals surface area contributed by atoms with Crippen molar-refractivity contribution in [1.82, 2.24) is 25.3 Å². The van der Waals surface area contributed by atoms with E-state index in [1.807, 2.05) is 28.9 Å². The van der Waals surface area contributed by atoms with Crippen molar-refractivity contribution in [3.63, 3.8) is 0 Å². The SMILES string of the molecule is CCCn1nc(C(=O)NCCN2CCC(NC(=O)C34CC5CC(C3)C(O)C(C5)C4)CC2)c2ccccc21.O=C(O)C(=O)O. The summed E-state index contributed by atoms with van der Waals surface area (Å²) in [7, 11) is 0. The maximum Gasteiger partial charge on any atom is 0.414 e. The molecule has 2 heterocycles. The number of carbonyl (C=O) groups is 4. The number of piperidine rings is 1. The maximum atomic E-state index is 13.4. The lowest BCUT2D eigenvalue weighted by atomic mass is 9.48. The number of rotatable bonds is 8. The van der Waals surface area contributed by atoms with Gasteiger partial charge in [0, 0.05) is 44.2 Å². The molecule has 2 amide bonds. The summed E-state index contributed by atoms with van der Waals surface area (Å²) in [5.74, 6) is -2.24. The van der Waals surface area contributed by atoms with Gasteiger partial charge in [-0.1, -0.05) is 25.1 Å². The molecule has 12 heteroatoms. The van der Waals surface area contributed by atoms with Crippen LogP contribution in [0.25, 0.3) is 10.9 Å². The van der Waals surface area contributed by atoms with Crippen molar-refractivity contribution in [3.05, 3.63) is 30.0 Å². The molecule has 2 aromatic rings. The number of aryl methyl sites for hydroxylation is 1. The molecule has 43 heavy (non-hydrogen) atoms. The molecule has 4 saturated carbocycles. The van der Waals surface area contributed by atoms with Crippen LogP contribution in [0.2, 0.25) is 0 Å². The highest BCUT2D eigenvalue weighted by Gasteiger charge is 2.58. The second-order valence-electron chi connectivity index (χ2n) is 12.8. The topological polar surface area (TPSA) is 174 Å². The zero-order valence-electron chi connectivity index (χ0n) is 24.7. The van der Waals surface area contributed by atoms with E-state index in [0.717, 1.165) is 88.4 Å². The molecule has 7 rings (SSSR count). The van der Waals surface area contributed by atoms with Gasteiger partial charge in [-0.2, -0.15) is 5.10 Å². The van der Waals surface area contributed by atoms with Crippen LogP contribution in [0.5, 0.6) is 0 Å². The predicted molar refractivity (Wildman–Crippen MR) is 157 cm³/mol. The lowest BCUT2D eigenvalue weighted by molar-refractivity contribution is -0.164. The summed E-state index contributed by atoms with van der Waals surface area (Å²) >= 11 is 0. The van der Waals surface area contributed by atoms with Crippen molar-refractivity contribution < 1.29 is 34.5 Å². The molecular weight excluding hydrogens is 554 g/mol. The van der Waals surface area contributed by atoms with Gasteiger partial charge in [0.15, 0.2) is 5.69 Å². The molecular formula is C31H43N5O7. The Balaban J connectivity index is 0.000000559. The number of likely N-dealkylation sites (tertiary alicyclic amines) is 1. The van der Waals surface area contributed by atoms with Crippen LogP contribution in [-0.4, -0.2) is 92.1 Å². The van der Waals surface area contributed by atoms with Crippen molar-refractivity contribution in [1.29, 1.82) is 0 Å². The zero-order valence-corrected chi connectivity index (χ0v) is 24.7. The van der Waals surface area contributed by atoms with Gasteiger partial charge in [-0.25, -0.2) is 9.59 Å². The van der Waals surface area contributed by atoms with Gasteiger partial charge >= 0.3 is 11.9 Å². The molecule has 1 saturated heterocycles. The number of hydrogen-bond donors (Lipinski definition) is 5. The minimum absolute atomic E-state index is 0.117. The molecule has 5 fully saturated rings.